The predicted octanol–water partition coefficient (Wildman–Crippen LogP) is -0.591. The number of rotatable bonds is 8. The van der Waals surface area contributed by atoms with Crippen molar-refractivity contribution in [2.24, 2.45) is 11.7 Å². The van der Waals surface area contributed by atoms with Crippen molar-refractivity contribution in [1.29, 1.82) is 0 Å². The normalized spacial score (nSPS) is 12.1. The van der Waals surface area contributed by atoms with Gasteiger partial charge in [0.05, 0.1) is 19.0 Å². The number of hydrogen-bond donors (Lipinski definition) is 3. The zero-order chi connectivity index (χ0) is 15.0. The summed E-state index contributed by atoms with van der Waals surface area (Å²) in [5.74, 6) is -1.66. The van der Waals surface area contributed by atoms with Gasteiger partial charge in [-0.1, -0.05) is 13.8 Å². The van der Waals surface area contributed by atoms with Crippen molar-refractivity contribution in [1.82, 2.24) is 10.2 Å². The Hall–Kier alpha value is -1.63. The van der Waals surface area contributed by atoms with Gasteiger partial charge < -0.3 is 21.1 Å². The van der Waals surface area contributed by atoms with Crippen LogP contribution < -0.4 is 11.1 Å². The van der Waals surface area contributed by atoms with E-state index in [0.29, 0.717) is 6.54 Å². The van der Waals surface area contributed by atoms with Gasteiger partial charge in [0.2, 0.25) is 11.8 Å². The van der Waals surface area contributed by atoms with Crippen LogP contribution in [-0.2, 0) is 14.4 Å². The third-order valence-corrected chi connectivity index (χ3v) is 2.76. The number of nitrogens with two attached hydrogens (primary N) is 1. The second-order valence-electron chi connectivity index (χ2n) is 4.60. The molecule has 7 nitrogen and oxygen atoms in total. The number of carbonyl (C=O) groups is 3. The van der Waals surface area contributed by atoms with Crippen molar-refractivity contribution < 1.29 is 19.5 Å². The maximum atomic E-state index is 11.8. The first-order valence-corrected chi connectivity index (χ1v) is 6.32. The standard InChI is InChI=1S/C12H23N3O4/c1-4-15(6-5-10(17)18)9(16)7-14-12(19)11(13)8(2)3/h8,11H,4-7,13H2,1-3H3,(H,14,19)(H,17,18)/t11-/m0/s1. The summed E-state index contributed by atoms with van der Waals surface area (Å²) in [5, 5.41) is 11.0. The number of likely N-dealkylation sites (N-methyl/N-ethyl adjacent to an activating group) is 1. The number of carboxylic acids is 1. The number of nitrogens with one attached hydrogen (secondary N) is 1. The van der Waals surface area contributed by atoms with E-state index in [1.807, 2.05) is 13.8 Å². The molecule has 2 amide bonds. The third kappa shape index (κ3) is 6.76. The van der Waals surface area contributed by atoms with Gasteiger partial charge in [0.1, 0.15) is 0 Å². The van der Waals surface area contributed by atoms with Crippen molar-refractivity contribution in [2.75, 3.05) is 19.6 Å². The summed E-state index contributed by atoms with van der Waals surface area (Å²) in [6, 6.07) is -0.651. The molecule has 0 aliphatic heterocycles. The smallest absolute Gasteiger partial charge is 0.305 e. The van der Waals surface area contributed by atoms with Crippen LogP contribution in [0.5, 0.6) is 0 Å². The summed E-state index contributed by atoms with van der Waals surface area (Å²) >= 11 is 0. The fourth-order valence-corrected chi connectivity index (χ4v) is 1.38. The van der Waals surface area contributed by atoms with Crippen molar-refractivity contribution in [2.45, 2.75) is 33.2 Å². The molecule has 0 aliphatic rings. The van der Waals surface area contributed by atoms with Gasteiger partial charge in [0.15, 0.2) is 0 Å². The van der Waals surface area contributed by atoms with Crippen molar-refractivity contribution in [3.8, 4) is 0 Å². The second-order valence-corrected chi connectivity index (χ2v) is 4.60. The zero-order valence-electron chi connectivity index (χ0n) is 11.7. The number of aliphatic carboxylic acids is 1. The monoisotopic (exact) mass is 273 g/mol. The highest BCUT2D eigenvalue weighted by Crippen LogP contribution is 1.98. The first-order valence-electron chi connectivity index (χ1n) is 6.32. The van der Waals surface area contributed by atoms with E-state index in [4.69, 9.17) is 10.8 Å². The van der Waals surface area contributed by atoms with Gasteiger partial charge in [-0.15, -0.1) is 0 Å². The molecule has 0 heterocycles. The average Bonchev–Trinajstić information content (AvgIpc) is 2.35. The fourth-order valence-electron chi connectivity index (χ4n) is 1.38. The summed E-state index contributed by atoms with van der Waals surface area (Å²) in [4.78, 5) is 35.2. The van der Waals surface area contributed by atoms with Crippen LogP contribution in [0.15, 0.2) is 0 Å². The van der Waals surface area contributed by atoms with Crippen molar-refractivity contribution in [3.05, 3.63) is 0 Å². The number of hydrogen-bond acceptors (Lipinski definition) is 4. The van der Waals surface area contributed by atoms with Crippen LogP contribution in [0.1, 0.15) is 27.2 Å². The highest BCUT2D eigenvalue weighted by atomic mass is 16.4. The van der Waals surface area contributed by atoms with Crippen molar-refractivity contribution >= 4 is 17.8 Å². The molecule has 1 atom stereocenters. The third-order valence-electron chi connectivity index (χ3n) is 2.76. The summed E-state index contributed by atoms with van der Waals surface area (Å²) in [6.07, 6.45) is -0.112. The lowest BCUT2D eigenvalue weighted by atomic mass is 10.1. The number of carbonyl (C=O) groups excluding carboxylic acids is 2. The van der Waals surface area contributed by atoms with Crippen LogP contribution in [-0.4, -0.2) is 53.5 Å². The van der Waals surface area contributed by atoms with Gasteiger partial charge in [-0.2, -0.15) is 0 Å². The van der Waals surface area contributed by atoms with Crippen LogP contribution in [0.3, 0.4) is 0 Å². The molecular formula is C12H23N3O4. The molecule has 0 unspecified atom stereocenters. The molecule has 7 heteroatoms. The molecule has 0 aromatic rings. The molecule has 0 radical (unpaired) electrons. The Kier molecular flexibility index (Phi) is 7.74. The van der Waals surface area contributed by atoms with E-state index >= 15 is 0 Å². The predicted molar refractivity (Wildman–Crippen MR) is 70.3 cm³/mol. The lowest BCUT2D eigenvalue weighted by Crippen LogP contribution is -2.48. The molecule has 0 spiro atoms. The number of nitrogens with zero attached hydrogens (tertiary/aromatic N) is 1. The Labute approximate surface area is 113 Å². The van der Waals surface area contributed by atoms with Gasteiger partial charge in [0, 0.05) is 13.1 Å². The molecule has 0 saturated carbocycles. The highest BCUT2D eigenvalue weighted by molar-refractivity contribution is 5.87. The van der Waals surface area contributed by atoms with E-state index < -0.39 is 12.0 Å². The first kappa shape index (κ1) is 17.4. The molecule has 19 heavy (non-hydrogen) atoms. The van der Waals surface area contributed by atoms with E-state index in [9.17, 15) is 14.4 Å². The molecule has 0 aliphatic carbocycles. The van der Waals surface area contributed by atoms with Crippen LogP contribution in [0.25, 0.3) is 0 Å². The SMILES string of the molecule is CCN(CCC(=O)O)C(=O)CNC(=O)[C@@H](N)C(C)C. The lowest BCUT2D eigenvalue weighted by molar-refractivity contribution is -0.139. The summed E-state index contributed by atoms with van der Waals surface area (Å²) < 4.78 is 0. The number of carboxylic acid groups (broad SMARTS) is 1. The van der Waals surface area contributed by atoms with E-state index in [1.54, 1.807) is 6.92 Å². The maximum absolute atomic E-state index is 11.8. The molecule has 0 bridgehead atoms. The van der Waals surface area contributed by atoms with E-state index in [-0.39, 0.29) is 37.2 Å². The maximum Gasteiger partial charge on any atom is 0.305 e. The van der Waals surface area contributed by atoms with Crippen LogP contribution >= 0.6 is 0 Å². The Morgan fingerprint density at radius 2 is 1.89 bits per heavy atom. The fraction of sp³-hybridized carbons (Fsp3) is 0.750. The number of amides is 2. The summed E-state index contributed by atoms with van der Waals surface area (Å²) in [6.45, 7) is 5.76. The largest absolute Gasteiger partial charge is 0.481 e. The van der Waals surface area contributed by atoms with Gasteiger partial charge in [-0.25, -0.2) is 0 Å². The summed E-state index contributed by atoms with van der Waals surface area (Å²) in [5.41, 5.74) is 5.64. The minimum absolute atomic E-state index is 0.00982. The molecule has 0 fully saturated rings. The molecular weight excluding hydrogens is 250 g/mol. The molecule has 4 N–H and O–H groups in total. The minimum atomic E-state index is -0.961. The molecule has 0 aromatic carbocycles. The minimum Gasteiger partial charge on any atom is -0.481 e. The molecule has 0 saturated heterocycles. The topological polar surface area (TPSA) is 113 Å². The molecule has 0 rings (SSSR count). The van der Waals surface area contributed by atoms with Crippen LogP contribution in [0, 0.1) is 5.92 Å². The van der Waals surface area contributed by atoms with Gasteiger partial charge in [-0.05, 0) is 12.8 Å². The highest BCUT2D eigenvalue weighted by Gasteiger charge is 2.19. The Balaban J connectivity index is 4.20. The zero-order valence-corrected chi connectivity index (χ0v) is 11.7. The van der Waals surface area contributed by atoms with Gasteiger partial charge in [0.25, 0.3) is 0 Å². The second kappa shape index (κ2) is 8.47. The quantitative estimate of drug-likeness (QED) is 0.547. The van der Waals surface area contributed by atoms with Crippen LogP contribution in [0.2, 0.25) is 0 Å². The first-order chi connectivity index (χ1) is 8.79. The van der Waals surface area contributed by atoms with Crippen LogP contribution in [0.4, 0.5) is 0 Å². The summed E-state index contributed by atoms with van der Waals surface area (Å²) in [7, 11) is 0. The van der Waals surface area contributed by atoms with E-state index in [0.717, 1.165) is 0 Å². The Morgan fingerprint density at radius 3 is 2.32 bits per heavy atom. The lowest BCUT2D eigenvalue weighted by Gasteiger charge is -2.21. The Bertz CT molecular complexity index is 331. The van der Waals surface area contributed by atoms with E-state index in [1.165, 1.54) is 4.90 Å². The molecule has 110 valence electrons. The average molecular weight is 273 g/mol. The van der Waals surface area contributed by atoms with E-state index in [2.05, 4.69) is 5.32 Å². The van der Waals surface area contributed by atoms with Gasteiger partial charge >= 0.3 is 5.97 Å². The Morgan fingerprint density at radius 1 is 1.32 bits per heavy atom. The molecule has 0 aromatic heterocycles. The van der Waals surface area contributed by atoms with Crippen molar-refractivity contribution in [3.63, 3.8) is 0 Å². The van der Waals surface area contributed by atoms with Gasteiger partial charge in [-0.3, -0.25) is 14.4 Å².